The normalized spacial score (nSPS) is 12.5. The molecule has 0 saturated carbocycles. The molecule has 0 bridgehead atoms. The maximum Gasteiger partial charge on any atom is 0.177 e. The summed E-state index contributed by atoms with van der Waals surface area (Å²) >= 11 is 0. The van der Waals surface area contributed by atoms with Crippen molar-refractivity contribution in [3.8, 4) is 0 Å². The maximum absolute atomic E-state index is 12.0. The smallest absolute Gasteiger partial charge is 0.177 e. The summed E-state index contributed by atoms with van der Waals surface area (Å²) in [6.45, 7) is 8.68. The van der Waals surface area contributed by atoms with Crippen LogP contribution in [0.15, 0.2) is 18.2 Å². The van der Waals surface area contributed by atoms with Gasteiger partial charge in [0.1, 0.15) is 5.75 Å². The molecular formula is C14H20O3S. The first-order valence-corrected chi connectivity index (χ1v) is 7.52. The zero-order chi connectivity index (χ0) is 14.1. The van der Waals surface area contributed by atoms with Gasteiger partial charge in [-0.15, -0.1) is 0 Å². The Hall–Kier alpha value is -1.16. The van der Waals surface area contributed by atoms with E-state index < -0.39 is 20.3 Å². The van der Waals surface area contributed by atoms with Gasteiger partial charge >= 0.3 is 0 Å². The molecule has 0 amide bonds. The van der Waals surface area contributed by atoms with Gasteiger partial charge in [0.2, 0.25) is 0 Å². The average molecular weight is 268 g/mol. The first-order valence-electron chi connectivity index (χ1n) is 5.87. The number of hydrogen-bond acceptors (Lipinski definition) is 3. The number of ketones is 1. The van der Waals surface area contributed by atoms with Crippen molar-refractivity contribution in [2.45, 2.75) is 39.4 Å². The van der Waals surface area contributed by atoms with Gasteiger partial charge in [0.05, 0.1) is 4.75 Å². The van der Waals surface area contributed by atoms with Crippen molar-refractivity contribution in [1.29, 1.82) is 0 Å². The van der Waals surface area contributed by atoms with Gasteiger partial charge in [0.25, 0.3) is 0 Å². The highest BCUT2D eigenvalue weighted by atomic mass is 32.2. The lowest BCUT2D eigenvalue weighted by Gasteiger charge is -2.18. The molecule has 0 heterocycles. The standard InChI is InChI=1S/C14H20O3S/c1-10-6-7-12(8-11(10)2)13(15)9-18(16,17)14(3,4)5/h6-8H,9H2,1-5H3. The molecule has 0 radical (unpaired) electrons. The molecule has 18 heavy (non-hydrogen) atoms. The van der Waals surface area contributed by atoms with Crippen LogP contribution in [0.2, 0.25) is 0 Å². The summed E-state index contributed by atoms with van der Waals surface area (Å²) in [6.07, 6.45) is 0. The Bertz CT molecular complexity index is 563. The molecule has 0 unspecified atom stereocenters. The Morgan fingerprint density at radius 3 is 2.11 bits per heavy atom. The van der Waals surface area contributed by atoms with E-state index in [1.807, 2.05) is 19.9 Å². The van der Waals surface area contributed by atoms with Crippen LogP contribution in [-0.4, -0.2) is 24.7 Å². The van der Waals surface area contributed by atoms with E-state index in [1.165, 1.54) is 0 Å². The predicted octanol–water partition coefficient (Wildman–Crippen LogP) is 2.70. The number of hydrogen-bond donors (Lipinski definition) is 0. The molecule has 3 nitrogen and oxygen atoms in total. The lowest BCUT2D eigenvalue weighted by Crippen LogP contribution is -2.33. The third-order valence-electron chi connectivity index (χ3n) is 3.08. The Morgan fingerprint density at radius 2 is 1.67 bits per heavy atom. The van der Waals surface area contributed by atoms with Crippen molar-refractivity contribution < 1.29 is 13.2 Å². The minimum atomic E-state index is -3.42. The first kappa shape index (κ1) is 14.9. The highest BCUT2D eigenvalue weighted by Gasteiger charge is 2.31. The number of sulfone groups is 1. The lowest BCUT2D eigenvalue weighted by atomic mass is 10.0. The van der Waals surface area contributed by atoms with Crippen LogP contribution in [0.4, 0.5) is 0 Å². The average Bonchev–Trinajstić information content (AvgIpc) is 2.19. The van der Waals surface area contributed by atoms with Crippen molar-refractivity contribution in [3.63, 3.8) is 0 Å². The van der Waals surface area contributed by atoms with E-state index in [-0.39, 0.29) is 5.78 Å². The third kappa shape index (κ3) is 3.19. The second-order valence-electron chi connectivity index (χ2n) is 5.59. The van der Waals surface area contributed by atoms with Crippen molar-refractivity contribution in [3.05, 3.63) is 34.9 Å². The van der Waals surface area contributed by atoms with Gasteiger partial charge in [-0.1, -0.05) is 12.1 Å². The first-order chi connectivity index (χ1) is 8.04. The van der Waals surface area contributed by atoms with Gasteiger partial charge < -0.3 is 0 Å². The summed E-state index contributed by atoms with van der Waals surface area (Å²) in [5.74, 6) is -0.771. The molecule has 0 saturated heterocycles. The highest BCUT2D eigenvalue weighted by Crippen LogP contribution is 2.18. The molecule has 0 atom stereocenters. The highest BCUT2D eigenvalue weighted by molar-refractivity contribution is 7.93. The van der Waals surface area contributed by atoms with Crippen LogP contribution in [0, 0.1) is 13.8 Å². The van der Waals surface area contributed by atoms with E-state index in [9.17, 15) is 13.2 Å². The molecule has 0 aliphatic heterocycles. The Morgan fingerprint density at radius 1 is 1.11 bits per heavy atom. The van der Waals surface area contributed by atoms with Crippen LogP contribution in [-0.2, 0) is 9.84 Å². The topological polar surface area (TPSA) is 51.2 Å². The van der Waals surface area contributed by atoms with E-state index in [0.717, 1.165) is 11.1 Å². The van der Waals surface area contributed by atoms with Crippen molar-refractivity contribution in [2.24, 2.45) is 0 Å². The van der Waals surface area contributed by atoms with Crippen molar-refractivity contribution >= 4 is 15.6 Å². The van der Waals surface area contributed by atoms with Crippen LogP contribution >= 0.6 is 0 Å². The zero-order valence-electron chi connectivity index (χ0n) is 11.6. The Balaban J connectivity index is 3.00. The van der Waals surface area contributed by atoms with Crippen LogP contribution in [0.25, 0.3) is 0 Å². The Labute approximate surface area is 109 Å². The molecule has 0 fully saturated rings. The fourth-order valence-corrected chi connectivity index (χ4v) is 2.33. The third-order valence-corrected chi connectivity index (χ3v) is 5.59. The van der Waals surface area contributed by atoms with Gasteiger partial charge in [-0.05, 0) is 51.8 Å². The molecule has 1 aromatic rings. The largest absolute Gasteiger partial charge is 0.293 e. The number of carbonyl (C=O) groups is 1. The second kappa shape index (κ2) is 4.84. The van der Waals surface area contributed by atoms with E-state index in [0.29, 0.717) is 5.56 Å². The summed E-state index contributed by atoms with van der Waals surface area (Å²) in [7, 11) is -3.42. The molecule has 0 aliphatic rings. The molecule has 0 aliphatic carbocycles. The van der Waals surface area contributed by atoms with E-state index in [4.69, 9.17) is 0 Å². The molecule has 0 aromatic heterocycles. The second-order valence-corrected chi connectivity index (χ2v) is 8.34. The monoisotopic (exact) mass is 268 g/mol. The predicted molar refractivity (Wildman–Crippen MR) is 73.8 cm³/mol. The van der Waals surface area contributed by atoms with Crippen molar-refractivity contribution in [1.82, 2.24) is 0 Å². The van der Waals surface area contributed by atoms with Crippen LogP contribution in [0.5, 0.6) is 0 Å². The van der Waals surface area contributed by atoms with Crippen LogP contribution < -0.4 is 0 Å². The fourth-order valence-electron chi connectivity index (χ4n) is 1.39. The van der Waals surface area contributed by atoms with E-state index in [1.54, 1.807) is 32.9 Å². The van der Waals surface area contributed by atoms with Gasteiger partial charge in [-0.3, -0.25) is 4.79 Å². The Kier molecular flexibility index (Phi) is 4.01. The number of Topliss-reactive ketones (excluding diaryl/α,β-unsaturated/α-hetero) is 1. The molecule has 0 N–H and O–H groups in total. The number of aryl methyl sites for hydroxylation is 2. The molecule has 4 heteroatoms. The molecule has 1 aromatic carbocycles. The van der Waals surface area contributed by atoms with Crippen LogP contribution in [0.3, 0.4) is 0 Å². The van der Waals surface area contributed by atoms with Gasteiger partial charge in [0.15, 0.2) is 15.6 Å². The van der Waals surface area contributed by atoms with Gasteiger partial charge in [0, 0.05) is 5.56 Å². The zero-order valence-corrected chi connectivity index (χ0v) is 12.4. The summed E-state index contributed by atoms with van der Waals surface area (Å²) in [4.78, 5) is 12.0. The minimum absolute atomic E-state index is 0.340. The summed E-state index contributed by atoms with van der Waals surface area (Å²) in [5, 5.41) is 0. The van der Waals surface area contributed by atoms with Gasteiger partial charge in [-0.2, -0.15) is 0 Å². The number of benzene rings is 1. The summed E-state index contributed by atoms with van der Waals surface area (Å²) < 4.78 is 23.0. The summed E-state index contributed by atoms with van der Waals surface area (Å²) in [5.41, 5.74) is 2.55. The SMILES string of the molecule is Cc1ccc(C(=O)CS(=O)(=O)C(C)(C)C)cc1C. The van der Waals surface area contributed by atoms with Gasteiger partial charge in [-0.25, -0.2) is 8.42 Å². The minimum Gasteiger partial charge on any atom is -0.293 e. The molecule has 0 spiro atoms. The number of rotatable bonds is 3. The lowest BCUT2D eigenvalue weighted by molar-refractivity contribution is 0.102. The van der Waals surface area contributed by atoms with Crippen LogP contribution in [0.1, 0.15) is 42.3 Å². The van der Waals surface area contributed by atoms with Crippen molar-refractivity contribution in [2.75, 3.05) is 5.75 Å². The van der Waals surface area contributed by atoms with E-state index >= 15 is 0 Å². The maximum atomic E-state index is 12.0. The quantitative estimate of drug-likeness (QED) is 0.792. The molecule has 100 valence electrons. The summed E-state index contributed by atoms with van der Waals surface area (Å²) in [6, 6.07) is 5.27. The number of carbonyl (C=O) groups excluding carboxylic acids is 1. The fraction of sp³-hybridized carbons (Fsp3) is 0.500. The molecule has 1 rings (SSSR count). The molecular weight excluding hydrogens is 248 g/mol. The van der Waals surface area contributed by atoms with E-state index in [2.05, 4.69) is 0 Å².